The molecule has 0 amide bonds. The lowest BCUT2D eigenvalue weighted by Gasteiger charge is -2.36. The molecule has 0 unspecified atom stereocenters. The topological polar surface area (TPSA) is 121 Å². The number of hydrogen-bond donors (Lipinski definition) is 1. The molecular weight excluding hydrogens is 650 g/mol. The first-order chi connectivity index (χ1) is 22.2. The third kappa shape index (κ3) is 6.89. The fourth-order valence-corrected chi connectivity index (χ4v) is 5.84. The molecule has 1 fully saturated rings. The molecule has 5 aromatic rings. The number of esters is 1. The predicted octanol–water partition coefficient (Wildman–Crippen LogP) is 7.66. The summed E-state index contributed by atoms with van der Waals surface area (Å²) in [4.78, 5) is 24.7. The van der Waals surface area contributed by atoms with Gasteiger partial charge >= 0.3 is 5.97 Å². The molecular formula is C35H34BrN5O5. The van der Waals surface area contributed by atoms with E-state index in [2.05, 4.69) is 79.5 Å². The van der Waals surface area contributed by atoms with Crippen LogP contribution in [0.25, 0.3) is 11.6 Å². The van der Waals surface area contributed by atoms with Gasteiger partial charge in [-0.3, -0.25) is 0 Å². The Morgan fingerprint density at radius 1 is 0.935 bits per heavy atom. The van der Waals surface area contributed by atoms with Crippen LogP contribution in [-0.4, -0.2) is 45.3 Å². The molecule has 0 saturated heterocycles. The fourth-order valence-electron chi connectivity index (χ4n) is 5.38. The Hall–Kier alpha value is -4.77. The second kappa shape index (κ2) is 13.3. The molecule has 236 valence electrons. The number of rotatable bonds is 11. The van der Waals surface area contributed by atoms with E-state index in [9.17, 15) is 4.79 Å². The maximum atomic E-state index is 12.0. The highest BCUT2D eigenvalue weighted by atomic mass is 79.9. The first kappa shape index (κ1) is 31.2. The molecule has 11 heteroatoms. The first-order valence-corrected chi connectivity index (χ1v) is 16.1. The van der Waals surface area contributed by atoms with E-state index < -0.39 is 0 Å². The number of hydrogen-bond acceptors (Lipinski definition) is 10. The van der Waals surface area contributed by atoms with Crippen molar-refractivity contribution >= 4 is 27.6 Å². The van der Waals surface area contributed by atoms with Gasteiger partial charge in [0, 0.05) is 42.2 Å². The van der Waals surface area contributed by atoms with E-state index in [0.717, 1.165) is 35.4 Å². The Kier molecular flexibility index (Phi) is 9.03. The number of aryl methyl sites for hydroxylation is 1. The minimum absolute atomic E-state index is 0.152. The molecule has 2 aromatic heterocycles. The van der Waals surface area contributed by atoms with Crippen molar-refractivity contribution in [3.63, 3.8) is 0 Å². The van der Waals surface area contributed by atoms with Gasteiger partial charge in [0.25, 0.3) is 0 Å². The number of ether oxygens (including phenoxy) is 3. The Bertz CT molecular complexity index is 1800. The molecule has 0 atom stereocenters. The SMILES string of the molecule is COC(=O)c1ccc(N[C@H]2C[C@H](Oc3ccc(C(C)(C)c4ccc(Oc5cnc(-c6noc(C)n6)nc5)cc4)cc3)C2)cc1CBr. The highest BCUT2D eigenvalue weighted by molar-refractivity contribution is 9.08. The van der Waals surface area contributed by atoms with E-state index >= 15 is 0 Å². The fraction of sp³-hybridized carbons (Fsp3) is 0.286. The van der Waals surface area contributed by atoms with Gasteiger partial charge < -0.3 is 24.1 Å². The number of benzene rings is 3. The van der Waals surface area contributed by atoms with E-state index in [1.54, 1.807) is 25.4 Å². The van der Waals surface area contributed by atoms with Gasteiger partial charge in [0.2, 0.25) is 17.5 Å². The van der Waals surface area contributed by atoms with Gasteiger partial charge in [-0.2, -0.15) is 4.98 Å². The summed E-state index contributed by atoms with van der Waals surface area (Å²) in [5.74, 6) is 2.89. The number of nitrogens with one attached hydrogen (secondary N) is 1. The van der Waals surface area contributed by atoms with Gasteiger partial charge in [-0.1, -0.05) is 59.2 Å². The molecule has 1 N–H and O–H groups in total. The largest absolute Gasteiger partial charge is 0.490 e. The maximum Gasteiger partial charge on any atom is 0.338 e. The lowest BCUT2D eigenvalue weighted by molar-refractivity contribution is 0.0600. The molecule has 0 bridgehead atoms. The van der Waals surface area contributed by atoms with Crippen molar-refractivity contribution in [3.8, 4) is 28.9 Å². The molecule has 1 aliphatic carbocycles. The highest BCUT2D eigenvalue weighted by Crippen LogP contribution is 2.35. The molecule has 2 heterocycles. The quantitative estimate of drug-likeness (QED) is 0.110. The summed E-state index contributed by atoms with van der Waals surface area (Å²) >= 11 is 3.47. The van der Waals surface area contributed by atoms with E-state index in [1.165, 1.54) is 12.7 Å². The van der Waals surface area contributed by atoms with Crippen molar-refractivity contribution in [3.05, 3.63) is 107 Å². The summed E-state index contributed by atoms with van der Waals surface area (Å²) in [5.41, 5.74) is 4.56. The minimum Gasteiger partial charge on any atom is -0.490 e. The number of alkyl halides is 1. The van der Waals surface area contributed by atoms with Crippen molar-refractivity contribution in [2.45, 2.75) is 56.5 Å². The molecule has 6 rings (SSSR count). The maximum absolute atomic E-state index is 12.0. The summed E-state index contributed by atoms with van der Waals surface area (Å²) in [6, 6.07) is 22.4. The number of aromatic nitrogens is 4. The van der Waals surface area contributed by atoms with Crippen molar-refractivity contribution in [2.24, 2.45) is 0 Å². The Morgan fingerprint density at radius 2 is 1.59 bits per heavy atom. The molecule has 1 aliphatic rings. The number of methoxy groups -OCH3 is 1. The summed E-state index contributed by atoms with van der Waals surface area (Å²) in [5, 5.41) is 7.96. The zero-order valence-corrected chi connectivity index (χ0v) is 27.6. The molecule has 1 saturated carbocycles. The molecule has 0 aliphatic heterocycles. The number of carbonyl (C=O) groups is 1. The monoisotopic (exact) mass is 683 g/mol. The number of nitrogens with zero attached hydrogens (tertiary/aromatic N) is 4. The van der Waals surface area contributed by atoms with E-state index in [0.29, 0.717) is 46.0 Å². The smallest absolute Gasteiger partial charge is 0.338 e. The standard InChI is InChI=1S/C35H34BrN5O5/c1-21-39-33(41-46-21)32-37-19-30(20-38-32)45-28-12-7-24(8-13-28)35(2,3)23-5-10-27(11-6-23)44-29-16-26(17-29)40-25-9-14-31(34(42)43-4)22(15-25)18-36/h5-15,19-20,26,29,40H,16-18H2,1-4H3/t26-,29-. The highest BCUT2D eigenvalue weighted by Gasteiger charge is 2.31. The molecule has 0 spiro atoms. The predicted molar refractivity (Wildman–Crippen MR) is 177 cm³/mol. The van der Waals surface area contributed by atoms with Crippen LogP contribution in [0.5, 0.6) is 17.2 Å². The van der Waals surface area contributed by atoms with Crippen LogP contribution in [0.2, 0.25) is 0 Å². The summed E-state index contributed by atoms with van der Waals surface area (Å²) < 4.78 is 22.1. The minimum atomic E-state index is -0.331. The average Bonchev–Trinajstić information content (AvgIpc) is 3.50. The van der Waals surface area contributed by atoms with Gasteiger partial charge in [-0.15, -0.1) is 0 Å². The molecule has 3 aromatic carbocycles. The number of anilines is 1. The van der Waals surface area contributed by atoms with Crippen molar-refractivity contribution in [1.29, 1.82) is 0 Å². The van der Waals surface area contributed by atoms with Crippen LogP contribution < -0.4 is 14.8 Å². The van der Waals surface area contributed by atoms with Crippen LogP contribution >= 0.6 is 15.9 Å². The van der Waals surface area contributed by atoms with Crippen LogP contribution in [0.3, 0.4) is 0 Å². The van der Waals surface area contributed by atoms with Crippen molar-refractivity contribution in [1.82, 2.24) is 20.1 Å². The Balaban J connectivity index is 1.01. The van der Waals surface area contributed by atoms with Crippen LogP contribution in [0.15, 0.2) is 83.6 Å². The van der Waals surface area contributed by atoms with E-state index in [1.807, 2.05) is 36.4 Å². The normalized spacial score (nSPS) is 15.9. The third-order valence-corrected chi connectivity index (χ3v) is 8.77. The van der Waals surface area contributed by atoms with Gasteiger partial charge in [0.05, 0.1) is 25.1 Å². The van der Waals surface area contributed by atoms with Crippen molar-refractivity contribution in [2.75, 3.05) is 12.4 Å². The number of halogens is 1. The lowest BCUT2D eigenvalue weighted by Crippen LogP contribution is -2.42. The molecule has 10 nitrogen and oxygen atoms in total. The third-order valence-electron chi connectivity index (χ3n) is 8.17. The van der Waals surface area contributed by atoms with Crippen LogP contribution in [-0.2, 0) is 15.5 Å². The van der Waals surface area contributed by atoms with Crippen LogP contribution in [0.1, 0.15) is 59.6 Å². The van der Waals surface area contributed by atoms with Gasteiger partial charge in [0.1, 0.15) is 17.6 Å². The second-order valence-electron chi connectivity index (χ2n) is 11.7. The first-order valence-electron chi connectivity index (χ1n) is 14.9. The zero-order chi connectivity index (χ0) is 32.3. The summed E-state index contributed by atoms with van der Waals surface area (Å²) in [6.45, 7) is 6.11. The number of carbonyl (C=O) groups excluding carboxylic acids is 1. The van der Waals surface area contributed by atoms with Crippen molar-refractivity contribution < 1.29 is 23.5 Å². The van der Waals surface area contributed by atoms with Crippen LogP contribution in [0.4, 0.5) is 5.69 Å². The second-order valence-corrected chi connectivity index (χ2v) is 12.3. The molecule has 0 radical (unpaired) electrons. The summed E-state index contributed by atoms with van der Waals surface area (Å²) in [6.07, 6.45) is 5.13. The summed E-state index contributed by atoms with van der Waals surface area (Å²) in [7, 11) is 1.39. The zero-order valence-electron chi connectivity index (χ0n) is 26.0. The lowest BCUT2D eigenvalue weighted by atomic mass is 9.78. The van der Waals surface area contributed by atoms with Gasteiger partial charge in [-0.25, -0.2) is 14.8 Å². The van der Waals surface area contributed by atoms with E-state index in [-0.39, 0.29) is 17.5 Å². The Morgan fingerprint density at radius 3 is 2.17 bits per heavy atom. The van der Waals surface area contributed by atoms with E-state index in [4.69, 9.17) is 18.7 Å². The average molecular weight is 685 g/mol. The van der Waals surface area contributed by atoms with Gasteiger partial charge in [-0.05, 0) is 59.2 Å². The Labute approximate surface area is 275 Å². The van der Waals surface area contributed by atoms with Gasteiger partial charge in [0.15, 0.2) is 5.75 Å². The molecule has 46 heavy (non-hydrogen) atoms. The van der Waals surface area contributed by atoms with Crippen LogP contribution in [0, 0.1) is 6.92 Å².